The lowest BCUT2D eigenvalue weighted by molar-refractivity contribution is 0.0820. The topological polar surface area (TPSA) is 37.4 Å². The standard InChI is InChI=1S/C15H24FN3O/c1-3-5-17-9-13-8-14(16)10-18-15(13)19-6-4-7-20-12(2)11-19/h8,10,12,17H,3-7,9,11H2,1-2H3. The van der Waals surface area contributed by atoms with E-state index < -0.39 is 0 Å². The van der Waals surface area contributed by atoms with E-state index in [1.807, 2.05) is 0 Å². The summed E-state index contributed by atoms with van der Waals surface area (Å²) in [5.74, 6) is 0.605. The maximum Gasteiger partial charge on any atom is 0.141 e. The fraction of sp³-hybridized carbons (Fsp3) is 0.667. The number of anilines is 1. The van der Waals surface area contributed by atoms with Gasteiger partial charge in [0.25, 0.3) is 0 Å². The van der Waals surface area contributed by atoms with Crippen molar-refractivity contribution in [1.29, 1.82) is 0 Å². The van der Waals surface area contributed by atoms with Crippen molar-refractivity contribution in [3.05, 3.63) is 23.6 Å². The van der Waals surface area contributed by atoms with Gasteiger partial charge in [0.15, 0.2) is 0 Å². The predicted octanol–water partition coefficient (Wildman–Crippen LogP) is 2.34. The number of pyridine rings is 1. The molecule has 1 saturated heterocycles. The molecular weight excluding hydrogens is 257 g/mol. The first-order valence-corrected chi connectivity index (χ1v) is 7.42. The minimum absolute atomic E-state index is 0.181. The quantitative estimate of drug-likeness (QED) is 0.841. The lowest BCUT2D eigenvalue weighted by Gasteiger charge is -2.25. The Morgan fingerprint density at radius 3 is 3.20 bits per heavy atom. The third-order valence-electron chi connectivity index (χ3n) is 3.40. The van der Waals surface area contributed by atoms with Crippen LogP contribution < -0.4 is 10.2 Å². The van der Waals surface area contributed by atoms with Crippen LogP contribution in [0.25, 0.3) is 0 Å². The van der Waals surface area contributed by atoms with Gasteiger partial charge in [-0.1, -0.05) is 6.92 Å². The molecule has 0 amide bonds. The summed E-state index contributed by atoms with van der Waals surface area (Å²) in [7, 11) is 0. The highest BCUT2D eigenvalue weighted by Crippen LogP contribution is 2.21. The molecule has 1 aliphatic rings. The molecule has 0 radical (unpaired) electrons. The van der Waals surface area contributed by atoms with E-state index in [0.29, 0.717) is 6.54 Å². The highest BCUT2D eigenvalue weighted by Gasteiger charge is 2.19. The number of rotatable bonds is 5. The Morgan fingerprint density at radius 2 is 2.40 bits per heavy atom. The van der Waals surface area contributed by atoms with Crippen molar-refractivity contribution in [1.82, 2.24) is 10.3 Å². The average molecular weight is 281 g/mol. The summed E-state index contributed by atoms with van der Waals surface area (Å²) in [5, 5.41) is 3.32. The summed E-state index contributed by atoms with van der Waals surface area (Å²) in [4.78, 5) is 6.52. The maximum absolute atomic E-state index is 13.4. The zero-order valence-corrected chi connectivity index (χ0v) is 12.4. The smallest absolute Gasteiger partial charge is 0.141 e. The van der Waals surface area contributed by atoms with Crippen molar-refractivity contribution in [2.75, 3.05) is 31.1 Å². The molecule has 0 aliphatic carbocycles. The molecule has 1 aliphatic heterocycles. The van der Waals surface area contributed by atoms with Gasteiger partial charge in [0.05, 0.1) is 12.3 Å². The lowest BCUT2D eigenvalue weighted by Crippen LogP contribution is -2.32. The summed E-state index contributed by atoms with van der Waals surface area (Å²) >= 11 is 0. The van der Waals surface area contributed by atoms with Crippen LogP contribution in [0.2, 0.25) is 0 Å². The molecule has 4 nitrogen and oxygen atoms in total. The first kappa shape index (κ1) is 15.2. The van der Waals surface area contributed by atoms with Crippen molar-refractivity contribution in [2.24, 2.45) is 0 Å². The van der Waals surface area contributed by atoms with Crippen LogP contribution in [-0.2, 0) is 11.3 Å². The molecule has 5 heteroatoms. The van der Waals surface area contributed by atoms with Crippen LogP contribution in [0, 0.1) is 5.82 Å². The molecular formula is C15H24FN3O. The zero-order chi connectivity index (χ0) is 14.4. The summed E-state index contributed by atoms with van der Waals surface area (Å²) in [6.45, 7) is 8.25. The third kappa shape index (κ3) is 4.15. The molecule has 0 saturated carbocycles. The molecule has 0 aromatic carbocycles. The number of hydrogen-bond donors (Lipinski definition) is 1. The first-order chi connectivity index (χ1) is 9.70. The Balaban J connectivity index is 2.15. The summed E-state index contributed by atoms with van der Waals surface area (Å²) in [6, 6.07) is 1.58. The number of aromatic nitrogens is 1. The van der Waals surface area contributed by atoms with Crippen molar-refractivity contribution in [2.45, 2.75) is 39.3 Å². The van der Waals surface area contributed by atoms with Gasteiger partial charge in [-0.15, -0.1) is 0 Å². The molecule has 112 valence electrons. The second-order valence-electron chi connectivity index (χ2n) is 5.29. The molecule has 1 unspecified atom stereocenters. The minimum Gasteiger partial charge on any atom is -0.377 e. The van der Waals surface area contributed by atoms with Gasteiger partial charge in [-0.25, -0.2) is 9.37 Å². The SMILES string of the molecule is CCCNCc1cc(F)cnc1N1CCCOC(C)C1. The number of ether oxygens (including phenoxy) is 1. The first-order valence-electron chi connectivity index (χ1n) is 7.42. The fourth-order valence-electron chi connectivity index (χ4n) is 2.48. The molecule has 1 atom stereocenters. The molecule has 0 spiro atoms. The Bertz CT molecular complexity index is 428. The normalized spacial score (nSPS) is 19.9. The van der Waals surface area contributed by atoms with E-state index in [4.69, 9.17) is 4.74 Å². The molecule has 2 heterocycles. The van der Waals surface area contributed by atoms with Crippen molar-refractivity contribution >= 4 is 5.82 Å². The fourth-order valence-corrected chi connectivity index (χ4v) is 2.48. The van der Waals surface area contributed by atoms with Gasteiger partial charge in [0.2, 0.25) is 0 Å². The van der Waals surface area contributed by atoms with Crippen LogP contribution in [-0.4, -0.2) is 37.3 Å². The minimum atomic E-state index is -0.277. The Kier molecular flexibility index (Phi) is 5.73. The average Bonchev–Trinajstić information content (AvgIpc) is 2.64. The van der Waals surface area contributed by atoms with Crippen molar-refractivity contribution in [3.8, 4) is 0 Å². The van der Waals surface area contributed by atoms with Gasteiger partial charge in [0.1, 0.15) is 11.6 Å². The van der Waals surface area contributed by atoms with Crippen LogP contribution >= 0.6 is 0 Å². The number of halogens is 1. The van der Waals surface area contributed by atoms with Gasteiger partial charge in [-0.2, -0.15) is 0 Å². The van der Waals surface area contributed by atoms with Crippen LogP contribution in [0.4, 0.5) is 10.2 Å². The Hall–Kier alpha value is -1.20. The van der Waals surface area contributed by atoms with Crippen molar-refractivity contribution < 1.29 is 9.13 Å². The van der Waals surface area contributed by atoms with E-state index in [1.165, 1.54) is 6.20 Å². The molecule has 20 heavy (non-hydrogen) atoms. The second kappa shape index (κ2) is 7.55. The maximum atomic E-state index is 13.4. The molecule has 0 bridgehead atoms. The highest BCUT2D eigenvalue weighted by atomic mass is 19.1. The van der Waals surface area contributed by atoms with Crippen molar-refractivity contribution in [3.63, 3.8) is 0 Å². The van der Waals surface area contributed by atoms with Crippen LogP contribution in [0.3, 0.4) is 0 Å². The molecule has 1 aromatic heterocycles. The van der Waals surface area contributed by atoms with Crippen LogP contribution in [0.15, 0.2) is 12.3 Å². The summed E-state index contributed by atoms with van der Waals surface area (Å²) in [6.07, 6.45) is 3.52. The van der Waals surface area contributed by atoms with Crippen LogP contribution in [0.5, 0.6) is 0 Å². The highest BCUT2D eigenvalue weighted by molar-refractivity contribution is 5.47. The molecule has 1 N–H and O–H groups in total. The van der Waals surface area contributed by atoms with Gasteiger partial charge < -0.3 is 15.0 Å². The number of nitrogens with one attached hydrogen (secondary N) is 1. The molecule has 1 fully saturated rings. The van der Waals surface area contributed by atoms with Crippen LogP contribution in [0.1, 0.15) is 32.3 Å². The lowest BCUT2D eigenvalue weighted by atomic mass is 10.2. The predicted molar refractivity (Wildman–Crippen MR) is 78.4 cm³/mol. The van der Waals surface area contributed by atoms with E-state index in [1.54, 1.807) is 6.07 Å². The zero-order valence-electron chi connectivity index (χ0n) is 12.4. The van der Waals surface area contributed by atoms with Gasteiger partial charge >= 0.3 is 0 Å². The molecule has 1 aromatic rings. The van der Waals surface area contributed by atoms with E-state index >= 15 is 0 Å². The number of hydrogen-bond acceptors (Lipinski definition) is 4. The second-order valence-corrected chi connectivity index (χ2v) is 5.29. The van der Waals surface area contributed by atoms with E-state index in [9.17, 15) is 4.39 Å². The largest absolute Gasteiger partial charge is 0.377 e. The summed E-state index contributed by atoms with van der Waals surface area (Å²) in [5.41, 5.74) is 0.924. The van der Waals surface area contributed by atoms with E-state index in [-0.39, 0.29) is 11.9 Å². The van der Waals surface area contributed by atoms with Gasteiger partial charge in [-0.05, 0) is 32.4 Å². The van der Waals surface area contributed by atoms with Gasteiger partial charge in [-0.3, -0.25) is 0 Å². The van der Waals surface area contributed by atoms with E-state index in [0.717, 1.165) is 50.5 Å². The monoisotopic (exact) mass is 281 g/mol. The Morgan fingerprint density at radius 1 is 1.55 bits per heavy atom. The Labute approximate surface area is 120 Å². The molecule has 2 rings (SSSR count). The number of nitrogens with zero attached hydrogens (tertiary/aromatic N) is 2. The third-order valence-corrected chi connectivity index (χ3v) is 3.40. The van der Waals surface area contributed by atoms with Gasteiger partial charge in [0, 0.05) is 31.8 Å². The van der Waals surface area contributed by atoms with E-state index in [2.05, 4.69) is 29.0 Å². The summed E-state index contributed by atoms with van der Waals surface area (Å²) < 4.78 is 19.1.